The number of allylic oxidation sites excluding steroid dienone is 1. The van der Waals surface area contributed by atoms with Gasteiger partial charge in [0.1, 0.15) is 5.75 Å². The molecule has 2 aromatic heterocycles. The minimum Gasteiger partial charge on any atom is -0.507 e. The van der Waals surface area contributed by atoms with Crippen LogP contribution in [0.3, 0.4) is 0 Å². The minimum atomic E-state index is -0.334. The van der Waals surface area contributed by atoms with Crippen LogP contribution in [-0.4, -0.2) is 36.5 Å². The average Bonchev–Trinajstić information content (AvgIpc) is 3.42. The van der Waals surface area contributed by atoms with Crippen molar-refractivity contribution in [3.8, 4) is 17.1 Å². The summed E-state index contributed by atoms with van der Waals surface area (Å²) in [5, 5.41) is 25.5. The van der Waals surface area contributed by atoms with Gasteiger partial charge in [-0.2, -0.15) is 5.21 Å². The van der Waals surface area contributed by atoms with E-state index in [2.05, 4.69) is 25.6 Å². The van der Waals surface area contributed by atoms with Crippen molar-refractivity contribution in [3.05, 3.63) is 106 Å². The molecule has 0 bridgehead atoms. The van der Waals surface area contributed by atoms with Crippen LogP contribution in [-0.2, 0) is 0 Å². The van der Waals surface area contributed by atoms with E-state index < -0.39 is 0 Å². The average molecular weight is 480 g/mol. The molecule has 0 aliphatic carbocycles. The number of fused-ring (bicyclic) bond motifs is 1. The van der Waals surface area contributed by atoms with Crippen molar-refractivity contribution in [3.63, 3.8) is 0 Å². The zero-order valence-corrected chi connectivity index (χ0v) is 19.0. The molecule has 3 aromatic carbocycles. The van der Waals surface area contributed by atoms with Gasteiger partial charge in [0.25, 0.3) is 0 Å². The molecule has 0 unspecified atom stereocenters. The maximum atomic E-state index is 12.7. The maximum Gasteiger partial charge on any atom is 0.204 e. The molecule has 0 saturated carbocycles. The zero-order valence-electron chi connectivity index (χ0n) is 18.3. The molecule has 5 aromatic rings. The predicted octanol–water partition coefficient (Wildman–Crippen LogP) is 5.84. The molecule has 0 saturated heterocycles. The second-order valence-corrected chi connectivity index (χ2v) is 8.17. The monoisotopic (exact) mass is 479 g/mol. The summed E-state index contributed by atoms with van der Waals surface area (Å²) in [7, 11) is 0. The van der Waals surface area contributed by atoms with Crippen molar-refractivity contribution in [1.82, 2.24) is 25.6 Å². The van der Waals surface area contributed by atoms with Crippen molar-refractivity contribution < 1.29 is 9.90 Å². The van der Waals surface area contributed by atoms with E-state index in [1.165, 1.54) is 18.2 Å². The Kier molecular flexibility index (Phi) is 6.15. The van der Waals surface area contributed by atoms with Crippen LogP contribution in [0.15, 0.2) is 78.9 Å². The molecule has 2 N–H and O–H groups in total. The molecule has 7 nitrogen and oxygen atoms in total. The van der Waals surface area contributed by atoms with Gasteiger partial charge >= 0.3 is 0 Å². The Morgan fingerprint density at radius 1 is 0.886 bits per heavy atom. The van der Waals surface area contributed by atoms with Gasteiger partial charge in [0.2, 0.25) is 5.82 Å². The Morgan fingerprint density at radius 3 is 2.43 bits per heavy atom. The summed E-state index contributed by atoms with van der Waals surface area (Å²) < 4.78 is 0. The molecule has 0 radical (unpaired) electrons. The van der Waals surface area contributed by atoms with Crippen LogP contribution in [0.2, 0.25) is 5.02 Å². The summed E-state index contributed by atoms with van der Waals surface area (Å²) in [6.45, 7) is 0. The first-order valence-corrected chi connectivity index (χ1v) is 11.1. The third-order valence-corrected chi connectivity index (χ3v) is 5.59. The number of nitrogens with one attached hydrogen (secondary N) is 1. The molecule has 0 aliphatic heterocycles. The fourth-order valence-electron chi connectivity index (χ4n) is 3.52. The van der Waals surface area contributed by atoms with E-state index in [0.717, 1.165) is 27.7 Å². The van der Waals surface area contributed by atoms with Crippen LogP contribution in [0, 0.1) is 0 Å². The molecule has 2 heterocycles. The number of carbonyl (C=O) groups is 1. The summed E-state index contributed by atoms with van der Waals surface area (Å²) in [6.07, 6.45) is 7.03. The van der Waals surface area contributed by atoms with Gasteiger partial charge in [-0.1, -0.05) is 60.2 Å². The standard InChI is InChI=1S/C27H18ClN5O2/c28-21-10-7-19-8-12-22(29-24(19)16-21)11-5-17-1-3-18(4-2-17)6-13-25(34)23-15-20(9-14-26(23)35)27-30-32-33-31-27/h1-16,35H,(H,30,31,32,33). The number of tetrazole rings is 1. The lowest BCUT2D eigenvalue weighted by atomic mass is 10.0. The predicted molar refractivity (Wildman–Crippen MR) is 137 cm³/mol. The number of nitrogens with zero attached hydrogens (tertiary/aromatic N) is 4. The molecule has 0 amide bonds. The van der Waals surface area contributed by atoms with Crippen molar-refractivity contribution in [2.75, 3.05) is 0 Å². The van der Waals surface area contributed by atoms with Crippen LogP contribution in [0.4, 0.5) is 0 Å². The van der Waals surface area contributed by atoms with E-state index >= 15 is 0 Å². The quantitative estimate of drug-likeness (QED) is 0.234. The van der Waals surface area contributed by atoms with Crippen molar-refractivity contribution in [1.29, 1.82) is 0 Å². The number of aromatic hydroxyl groups is 1. The Hall–Kier alpha value is -4.62. The molecule has 0 aliphatic rings. The number of rotatable bonds is 6. The second kappa shape index (κ2) is 9.70. The summed E-state index contributed by atoms with van der Waals surface area (Å²) in [5.74, 6) is -0.106. The van der Waals surface area contributed by atoms with Gasteiger partial charge in [0, 0.05) is 16.0 Å². The highest BCUT2D eigenvalue weighted by Crippen LogP contribution is 2.24. The van der Waals surface area contributed by atoms with Gasteiger partial charge in [-0.05, 0) is 64.9 Å². The number of hydrogen-bond donors (Lipinski definition) is 2. The van der Waals surface area contributed by atoms with Crippen LogP contribution in [0.5, 0.6) is 5.75 Å². The number of carbonyl (C=O) groups excluding carboxylic acids is 1. The van der Waals surface area contributed by atoms with Crippen molar-refractivity contribution >= 4 is 46.5 Å². The van der Waals surface area contributed by atoms with Gasteiger partial charge in [-0.3, -0.25) is 4.79 Å². The number of phenolic OH excluding ortho intramolecular Hbond substituents is 1. The Morgan fingerprint density at radius 2 is 1.66 bits per heavy atom. The SMILES string of the molecule is O=C(C=Cc1ccc(C=Cc2ccc3ccc(Cl)cc3n2)cc1)c1cc(-c2nn[nH]n2)ccc1O. The van der Waals surface area contributed by atoms with E-state index in [1.807, 2.05) is 66.7 Å². The third kappa shape index (κ3) is 5.15. The number of phenols is 1. The number of halogens is 1. The highest BCUT2D eigenvalue weighted by atomic mass is 35.5. The summed E-state index contributed by atoms with van der Waals surface area (Å²) >= 11 is 6.07. The summed E-state index contributed by atoms with van der Waals surface area (Å²) in [4.78, 5) is 17.3. The molecular weight excluding hydrogens is 462 g/mol. The molecule has 5 rings (SSSR count). The summed E-state index contributed by atoms with van der Waals surface area (Å²) in [6, 6.07) is 21.9. The lowest BCUT2D eigenvalue weighted by Gasteiger charge is -2.03. The van der Waals surface area contributed by atoms with Crippen LogP contribution >= 0.6 is 11.6 Å². The van der Waals surface area contributed by atoms with Gasteiger partial charge in [-0.15, -0.1) is 10.2 Å². The normalized spacial score (nSPS) is 11.6. The van der Waals surface area contributed by atoms with E-state index in [4.69, 9.17) is 11.6 Å². The molecule has 8 heteroatoms. The van der Waals surface area contributed by atoms with Gasteiger partial charge < -0.3 is 5.11 Å². The second-order valence-electron chi connectivity index (χ2n) is 7.74. The number of benzene rings is 3. The van der Waals surface area contributed by atoms with Crippen molar-refractivity contribution in [2.45, 2.75) is 0 Å². The number of aromatic nitrogens is 5. The molecule has 35 heavy (non-hydrogen) atoms. The Labute approximate surface area is 205 Å². The smallest absolute Gasteiger partial charge is 0.204 e. The molecule has 170 valence electrons. The third-order valence-electron chi connectivity index (χ3n) is 5.35. The Bertz CT molecular complexity index is 1580. The van der Waals surface area contributed by atoms with E-state index in [1.54, 1.807) is 12.1 Å². The zero-order chi connectivity index (χ0) is 24.2. The maximum absolute atomic E-state index is 12.7. The summed E-state index contributed by atoms with van der Waals surface area (Å²) in [5.41, 5.74) is 4.26. The molecular formula is C27H18ClN5O2. The highest BCUT2D eigenvalue weighted by molar-refractivity contribution is 6.31. The number of H-pyrrole nitrogens is 1. The van der Waals surface area contributed by atoms with E-state index in [-0.39, 0.29) is 17.1 Å². The topological polar surface area (TPSA) is 105 Å². The first-order valence-electron chi connectivity index (χ1n) is 10.7. The van der Waals surface area contributed by atoms with Gasteiger partial charge in [0.05, 0.1) is 16.8 Å². The Balaban J connectivity index is 1.28. The minimum absolute atomic E-state index is 0.114. The van der Waals surface area contributed by atoms with Crippen molar-refractivity contribution in [2.24, 2.45) is 0 Å². The number of aromatic amines is 1. The number of pyridine rings is 1. The van der Waals surface area contributed by atoms with Crippen LogP contribution in [0.1, 0.15) is 27.2 Å². The van der Waals surface area contributed by atoms with Crippen LogP contribution in [0.25, 0.3) is 40.5 Å². The van der Waals surface area contributed by atoms with Gasteiger partial charge in [-0.25, -0.2) is 4.98 Å². The lowest BCUT2D eigenvalue weighted by Crippen LogP contribution is -1.96. The largest absolute Gasteiger partial charge is 0.507 e. The lowest BCUT2D eigenvalue weighted by molar-refractivity contribution is 0.104. The fraction of sp³-hybridized carbons (Fsp3) is 0. The fourth-order valence-corrected chi connectivity index (χ4v) is 3.68. The number of ketones is 1. The molecule has 0 atom stereocenters. The van der Waals surface area contributed by atoms with E-state index in [0.29, 0.717) is 16.4 Å². The first-order chi connectivity index (χ1) is 17.0. The molecule has 0 spiro atoms. The number of hydrogen-bond acceptors (Lipinski definition) is 6. The molecule has 0 fully saturated rings. The van der Waals surface area contributed by atoms with E-state index in [9.17, 15) is 9.90 Å². The van der Waals surface area contributed by atoms with Crippen LogP contribution < -0.4 is 0 Å². The van der Waals surface area contributed by atoms with Gasteiger partial charge in [0.15, 0.2) is 5.78 Å². The highest BCUT2D eigenvalue weighted by Gasteiger charge is 2.12. The first kappa shape index (κ1) is 22.2.